The number of nitrogens with zero attached hydrogens (tertiary/aromatic N) is 3. The Balaban J connectivity index is 2.18. The van der Waals surface area contributed by atoms with E-state index in [1.54, 1.807) is 14.0 Å². The molecule has 0 saturated heterocycles. The van der Waals surface area contributed by atoms with Crippen molar-refractivity contribution in [2.45, 2.75) is 38.2 Å². The van der Waals surface area contributed by atoms with Crippen molar-refractivity contribution in [3.8, 4) is 0 Å². The predicted octanol–water partition coefficient (Wildman–Crippen LogP) is 1.68. The largest absolute Gasteiger partial charge is 0.388 e. The molecule has 0 spiro atoms. The summed E-state index contributed by atoms with van der Waals surface area (Å²) in [6.45, 7) is 1.86. The lowest BCUT2D eigenvalue weighted by molar-refractivity contribution is -0.385. The lowest BCUT2D eigenvalue weighted by Crippen LogP contribution is -2.42. The highest BCUT2D eigenvalue weighted by Gasteiger charge is 2.34. The Kier molecular flexibility index (Phi) is 4.22. The molecule has 0 unspecified atom stereocenters. The number of hydrogen-bond donors (Lipinski definition) is 1. The number of aromatic nitrogens is 1. The van der Waals surface area contributed by atoms with Gasteiger partial charge in [-0.3, -0.25) is 19.9 Å². The molecule has 0 atom stereocenters. The first-order valence-electron chi connectivity index (χ1n) is 6.91. The molecule has 1 fully saturated rings. The van der Waals surface area contributed by atoms with Crippen molar-refractivity contribution in [1.29, 1.82) is 0 Å². The van der Waals surface area contributed by atoms with Crippen molar-refractivity contribution in [3.05, 3.63) is 33.6 Å². The summed E-state index contributed by atoms with van der Waals surface area (Å²) in [5.41, 5.74) is -0.409. The second-order valence-electron chi connectivity index (χ2n) is 5.68. The van der Waals surface area contributed by atoms with Gasteiger partial charge in [-0.05, 0) is 19.8 Å². The van der Waals surface area contributed by atoms with Crippen LogP contribution in [-0.2, 0) is 0 Å². The van der Waals surface area contributed by atoms with Crippen molar-refractivity contribution in [2.24, 2.45) is 0 Å². The van der Waals surface area contributed by atoms with E-state index in [1.165, 1.54) is 11.0 Å². The minimum absolute atomic E-state index is 0.202. The maximum atomic E-state index is 12.4. The third kappa shape index (κ3) is 3.36. The number of pyridine rings is 1. The maximum absolute atomic E-state index is 12.4. The number of rotatable bonds is 4. The van der Waals surface area contributed by atoms with E-state index < -0.39 is 10.5 Å². The Bertz CT molecular complexity index is 567. The van der Waals surface area contributed by atoms with Gasteiger partial charge in [-0.1, -0.05) is 12.8 Å². The lowest BCUT2D eigenvalue weighted by Gasteiger charge is -2.28. The minimum atomic E-state index is -0.841. The van der Waals surface area contributed by atoms with Gasteiger partial charge >= 0.3 is 0 Å². The van der Waals surface area contributed by atoms with Crippen LogP contribution >= 0.6 is 0 Å². The zero-order valence-electron chi connectivity index (χ0n) is 12.2. The average molecular weight is 293 g/mol. The second-order valence-corrected chi connectivity index (χ2v) is 5.68. The summed E-state index contributed by atoms with van der Waals surface area (Å²) in [5, 5.41) is 21.1. The summed E-state index contributed by atoms with van der Waals surface area (Å²) in [6, 6.07) is 1.24. The molecule has 1 N–H and O–H groups in total. The first kappa shape index (κ1) is 15.4. The molecular weight excluding hydrogens is 274 g/mol. The van der Waals surface area contributed by atoms with Crippen molar-refractivity contribution in [1.82, 2.24) is 9.88 Å². The number of carbonyl (C=O) groups is 1. The van der Waals surface area contributed by atoms with Gasteiger partial charge in [-0.25, -0.2) is 0 Å². The van der Waals surface area contributed by atoms with Crippen molar-refractivity contribution in [2.75, 3.05) is 13.6 Å². The third-order valence-corrected chi connectivity index (χ3v) is 3.93. The van der Waals surface area contributed by atoms with E-state index in [0.29, 0.717) is 18.5 Å². The van der Waals surface area contributed by atoms with E-state index in [-0.39, 0.29) is 23.7 Å². The van der Waals surface area contributed by atoms with E-state index in [1.807, 2.05) is 0 Å². The Morgan fingerprint density at radius 1 is 1.52 bits per heavy atom. The Morgan fingerprint density at radius 2 is 2.14 bits per heavy atom. The van der Waals surface area contributed by atoms with E-state index in [9.17, 15) is 20.0 Å². The normalized spacial score (nSPS) is 16.7. The van der Waals surface area contributed by atoms with Gasteiger partial charge in [-0.15, -0.1) is 0 Å². The number of carbonyl (C=O) groups excluding carboxylic acids is 1. The van der Waals surface area contributed by atoms with Gasteiger partial charge in [0.25, 0.3) is 11.6 Å². The number of amides is 1. The first-order chi connectivity index (χ1) is 9.82. The SMILES string of the molecule is Cc1ncc([N+](=O)[O-])cc1C(=O)N(C)CC1(O)CCCC1. The molecule has 7 nitrogen and oxygen atoms in total. The van der Waals surface area contributed by atoms with Gasteiger partial charge in [0.1, 0.15) is 6.20 Å². The summed E-state index contributed by atoms with van der Waals surface area (Å²) in [4.78, 5) is 28.0. The number of nitro groups is 1. The number of aryl methyl sites for hydroxylation is 1. The second kappa shape index (κ2) is 5.77. The van der Waals surface area contributed by atoms with Gasteiger partial charge < -0.3 is 10.0 Å². The van der Waals surface area contributed by atoms with Gasteiger partial charge in [0.05, 0.1) is 21.8 Å². The van der Waals surface area contributed by atoms with Crippen LogP contribution in [0.3, 0.4) is 0 Å². The number of aliphatic hydroxyl groups is 1. The van der Waals surface area contributed by atoms with Crippen LogP contribution in [0.25, 0.3) is 0 Å². The molecule has 1 amide bonds. The molecule has 1 saturated carbocycles. The number of hydrogen-bond acceptors (Lipinski definition) is 5. The molecule has 0 aromatic carbocycles. The van der Waals surface area contributed by atoms with Crippen LogP contribution in [0, 0.1) is 17.0 Å². The van der Waals surface area contributed by atoms with E-state index in [0.717, 1.165) is 19.0 Å². The fourth-order valence-electron chi connectivity index (χ4n) is 2.75. The Hall–Kier alpha value is -2.02. The highest BCUT2D eigenvalue weighted by atomic mass is 16.6. The molecule has 0 radical (unpaired) electrons. The monoisotopic (exact) mass is 293 g/mol. The molecule has 1 aromatic rings. The topological polar surface area (TPSA) is 96.6 Å². The summed E-state index contributed by atoms with van der Waals surface area (Å²) < 4.78 is 0. The summed E-state index contributed by atoms with van der Waals surface area (Å²) in [7, 11) is 1.59. The summed E-state index contributed by atoms with van der Waals surface area (Å²) in [5.74, 6) is -0.357. The molecular formula is C14H19N3O4. The van der Waals surface area contributed by atoms with Crippen LogP contribution in [0.4, 0.5) is 5.69 Å². The Morgan fingerprint density at radius 3 is 2.71 bits per heavy atom. The summed E-state index contributed by atoms with van der Waals surface area (Å²) >= 11 is 0. The first-order valence-corrected chi connectivity index (χ1v) is 6.91. The standard InChI is InChI=1S/C14H19N3O4/c1-10-12(7-11(8-15-10)17(20)21)13(18)16(2)9-14(19)5-3-4-6-14/h7-8,19H,3-6,9H2,1-2H3. The Labute approximate surface area is 122 Å². The molecule has 1 aromatic heterocycles. The van der Waals surface area contributed by atoms with Gasteiger partial charge in [0.15, 0.2) is 0 Å². The molecule has 114 valence electrons. The fraction of sp³-hybridized carbons (Fsp3) is 0.571. The minimum Gasteiger partial charge on any atom is -0.388 e. The quantitative estimate of drug-likeness (QED) is 0.673. The zero-order chi connectivity index (χ0) is 15.6. The average Bonchev–Trinajstić information content (AvgIpc) is 2.84. The van der Waals surface area contributed by atoms with E-state index >= 15 is 0 Å². The van der Waals surface area contributed by atoms with Crippen molar-refractivity contribution in [3.63, 3.8) is 0 Å². The van der Waals surface area contributed by atoms with Crippen LogP contribution in [0.15, 0.2) is 12.3 Å². The number of likely N-dealkylation sites (N-methyl/N-ethyl adjacent to an activating group) is 1. The van der Waals surface area contributed by atoms with Gasteiger partial charge in [-0.2, -0.15) is 0 Å². The highest BCUT2D eigenvalue weighted by molar-refractivity contribution is 5.95. The summed E-state index contributed by atoms with van der Waals surface area (Å²) in [6.07, 6.45) is 4.40. The molecule has 0 aliphatic heterocycles. The van der Waals surface area contributed by atoms with E-state index in [2.05, 4.69) is 4.98 Å². The molecule has 1 aliphatic carbocycles. The van der Waals surface area contributed by atoms with Gasteiger partial charge in [0.2, 0.25) is 0 Å². The zero-order valence-corrected chi connectivity index (χ0v) is 12.2. The molecule has 0 bridgehead atoms. The van der Waals surface area contributed by atoms with Crippen molar-refractivity contribution >= 4 is 11.6 Å². The van der Waals surface area contributed by atoms with Crippen LogP contribution in [-0.4, -0.2) is 45.0 Å². The van der Waals surface area contributed by atoms with Crippen LogP contribution in [0.5, 0.6) is 0 Å². The third-order valence-electron chi connectivity index (χ3n) is 3.93. The highest BCUT2D eigenvalue weighted by Crippen LogP contribution is 2.30. The smallest absolute Gasteiger partial charge is 0.288 e. The predicted molar refractivity (Wildman–Crippen MR) is 76.0 cm³/mol. The molecule has 21 heavy (non-hydrogen) atoms. The maximum Gasteiger partial charge on any atom is 0.288 e. The van der Waals surface area contributed by atoms with E-state index in [4.69, 9.17) is 0 Å². The molecule has 2 rings (SSSR count). The molecule has 7 heteroatoms. The van der Waals surface area contributed by atoms with Crippen LogP contribution < -0.4 is 0 Å². The molecule has 1 aliphatic rings. The molecule has 1 heterocycles. The lowest BCUT2D eigenvalue weighted by atomic mass is 10.0. The van der Waals surface area contributed by atoms with Crippen molar-refractivity contribution < 1.29 is 14.8 Å². The van der Waals surface area contributed by atoms with Gasteiger partial charge in [0, 0.05) is 19.7 Å². The fourth-order valence-corrected chi connectivity index (χ4v) is 2.75. The van der Waals surface area contributed by atoms with Crippen LogP contribution in [0.1, 0.15) is 41.7 Å². The van der Waals surface area contributed by atoms with Crippen LogP contribution in [0.2, 0.25) is 0 Å².